The molecule has 0 aliphatic heterocycles. The lowest BCUT2D eigenvalue weighted by Gasteiger charge is -2.07. The molecule has 0 aromatic carbocycles. The van der Waals surface area contributed by atoms with Crippen LogP contribution >= 0.6 is 27.3 Å². The van der Waals surface area contributed by atoms with Gasteiger partial charge in [0.1, 0.15) is 0 Å². The summed E-state index contributed by atoms with van der Waals surface area (Å²) in [6.45, 7) is 2.35. The standard InChI is InChI=1S/C8H11BrOS/c1-2-6(5-10)7-3-4-8(9)11-7/h3-4,6,10H,2,5H2,1H3. The maximum Gasteiger partial charge on any atom is 0.0701 e. The predicted octanol–water partition coefficient (Wildman–Crippen LogP) is 3.00. The fraction of sp³-hybridized carbons (Fsp3) is 0.500. The van der Waals surface area contributed by atoms with Crippen molar-refractivity contribution >= 4 is 27.3 Å². The smallest absolute Gasteiger partial charge is 0.0701 e. The van der Waals surface area contributed by atoms with Gasteiger partial charge in [0.05, 0.1) is 10.4 Å². The number of hydrogen-bond donors (Lipinski definition) is 1. The first kappa shape index (κ1) is 9.23. The summed E-state index contributed by atoms with van der Waals surface area (Å²) < 4.78 is 1.14. The number of hydrogen-bond acceptors (Lipinski definition) is 2. The molecule has 0 aliphatic carbocycles. The van der Waals surface area contributed by atoms with E-state index in [2.05, 4.69) is 28.9 Å². The van der Waals surface area contributed by atoms with Gasteiger partial charge < -0.3 is 5.11 Å². The SMILES string of the molecule is CCC(CO)c1ccc(Br)s1. The highest BCUT2D eigenvalue weighted by atomic mass is 79.9. The van der Waals surface area contributed by atoms with Crippen molar-refractivity contribution in [1.29, 1.82) is 0 Å². The second kappa shape index (κ2) is 4.24. The lowest BCUT2D eigenvalue weighted by Crippen LogP contribution is -1.99. The van der Waals surface area contributed by atoms with Crippen LogP contribution in [0.25, 0.3) is 0 Å². The fourth-order valence-electron chi connectivity index (χ4n) is 0.968. The quantitative estimate of drug-likeness (QED) is 0.853. The Labute approximate surface area is 79.2 Å². The molecule has 0 spiro atoms. The molecule has 1 N–H and O–H groups in total. The number of thiophene rings is 1. The van der Waals surface area contributed by atoms with E-state index < -0.39 is 0 Å². The molecule has 0 bridgehead atoms. The van der Waals surface area contributed by atoms with E-state index in [1.807, 2.05) is 6.07 Å². The summed E-state index contributed by atoms with van der Waals surface area (Å²) in [4.78, 5) is 1.27. The zero-order chi connectivity index (χ0) is 8.27. The maximum absolute atomic E-state index is 8.98. The van der Waals surface area contributed by atoms with Crippen molar-refractivity contribution in [1.82, 2.24) is 0 Å². The number of aliphatic hydroxyl groups is 1. The first-order chi connectivity index (χ1) is 5.27. The number of halogens is 1. The second-order valence-electron chi connectivity index (χ2n) is 2.43. The predicted molar refractivity (Wildman–Crippen MR) is 52.1 cm³/mol. The third kappa shape index (κ3) is 2.29. The van der Waals surface area contributed by atoms with Crippen LogP contribution in [0.3, 0.4) is 0 Å². The van der Waals surface area contributed by atoms with E-state index in [1.54, 1.807) is 11.3 Å². The normalized spacial score (nSPS) is 13.4. The minimum Gasteiger partial charge on any atom is -0.396 e. The van der Waals surface area contributed by atoms with E-state index in [9.17, 15) is 0 Å². The Kier molecular flexibility index (Phi) is 3.55. The molecule has 0 aliphatic rings. The molecule has 62 valence electrons. The fourth-order valence-corrected chi connectivity index (χ4v) is 2.57. The van der Waals surface area contributed by atoms with Crippen LogP contribution in [0.1, 0.15) is 24.1 Å². The van der Waals surface area contributed by atoms with Crippen molar-refractivity contribution in [2.24, 2.45) is 0 Å². The van der Waals surface area contributed by atoms with Gasteiger partial charge in [-0.2, -0.15) is 0 Å². The van der Waals surface area contributed by atoms with E-state index in [1.165, 1.54) is 4.88 Å². The molecule has 1 nitrogen and oxygen atoms in total. The highest BCUT2D eigenvalue weighted by Crippen LogP contribution is 2.29. The van der Waals surface area contributed by atoms with Gasteiger partial charge in [-0.15, -0.1) is 11.3 Å². The van der Waals surface area contributed by atoms with Gasteiger partial charge in [0.2, 0.25) is 0 Å². The molecule has 1 rings (SSSR count). The van der Waals surface area contributed by atoms with Gasteiger partial charge in [0, 0.05) is 10.8 Å². The molecule has 0 saturated carbocycles. The van der Waals surface area contributed by atoms with Crippen LogP contribution in [-0.2, 0) is 0 Å². The lowest BCUT2D eigenvalue weighted by atomic mass is 10.1. The lowest BCUT2D eigenvalue weighted by molar-refractivity contribution is 0.264. The molecule has 0 saturated heterocycles. The molecule has 1 heterocycles. The van der Waals surface area contributed by atoms with E-state index in [-0.39, 0.29) is 6.61 Å². The van der Waals surface area contributed by atoms with E-state index in [4.69, 9.17) is 5.11 Å². The van der Waals surface area contributed by atoms with Gasteiger partial charge in [-0.3, -0.25) is 0 Å². The van der Waals surface area contributed by atoms with Crippen molar-refractivity contribution in [2.75, 3.05) is 6.61 Å². The molecule has 11 heavy (non-hydrogen) atoms. The summed E-state index contributed by atoms with van der Waals surface area (Å²) in [5, 5.41) is 8.98. The van der Waals surface area contributed by atoms with E-state index >= 15 is 0 Å². The monoisotopic (exact) mass is 234 g/mol. The van der Waals surface area contributed by atoms with Gasteiger partial charge in [-0.25, -0.2) is 0 Å². The largest absolute Gasteiger partial charge is 0.396 e. The van der Waals surface area contributed by atoms with Crippen LogP contribution in [0.4, 0.5) is 0 Å². The van der Waals surface area contributed by atoms with Crippen LogP contribution in [-0.4, -0.2) is 11.7 Å². The van der Waals surface area contributed by atoms with Crippen LogP contribution in [0.5, 0.6) is 0 Å². The Hall–Kier alpha value is 0.140. The van der Waals surface area contributed by atoms with Crippen LogP contribution in [0.15, 0.2) is 15.9 Å². The summed E-state index contributed by atoms with van der Waals surface area (Å²) in [5.74, 6) is 0.325. The first-order valence-corrected chi connectivity index (χ1v) is 5.25. The van der Waals surface area contributed by atoms with Crippen LogP contribution in [0, 0.1) is 0 Å². The molecule has 3 heteroatoms. The molecular weight excluding hydrogens is 224 g/mol. The molecule has 0 radical (unpaired) electrons. The van der Waals surface area contributed by atoms with Gasteiger partial charge >= 0.3 is 0 Å². The summed E-state index contributed by atoms with van der Waals surface area (Å²) in [7, 11) is 0. The van der Waals surface area contributed by atoms with Crippen molar-refractivity contribution in [3.8, 4) is 0 Å². The summed E-state index contributed by atoms with van der Waals surface area (Å²) in [6, 6.07) is 4.09. The second-order valence-corrected chi connectivity index (χ2v) is 4.92. The molecule has 0 fully saturated rings. The van der Waals surface area contributed by atoms with Crippen molar-refractivity contribution in [3.05, 3.63) is 20.8 Å². The van der Waals surface area contributed by atoms with Gasteiger partial charge in [-0.05, 0) is 34.5 Å². The maximum atomic E-state index is 8.98. The molecule has 1 atom stereocenters. The first-order valence-electron chi connectivity index (χ1n) is 3.64. The van der Waals surface area contributed by atoms with Gasteiger partial charge in [0.15, 0.2) is 0 Å². The van der Waals surface area contributed by atoms with Crippen molar-refractivity contribution in [2.45, 2.75) is 19.3 Å². The molecule has 1 unspecified atom stereocenters. The average Bonchev–Trinajstić information content (AvgIpc) is 2.39. The summed E-state index contributed by atoms with van der Waals surface area (Å²) in [6.07, 6.45) is 1.00. The summed E-state index contributed by atoms with van der Waals surface area (Å²) >= 11 is 5.10. The third-order valence-corrected chi connectivity index (χ3v) is 3.50. The average molecular weight is 235 g/mol. The Bertz CT molecular complexity index is 218. The van der Waals surface area contributed by atoms with E-state index in [0.717, 1.165) is 10.2 Å². The highest BCUT2D eigenvalue weighted by molar-refractivity contribution is 9.11. The highest BCUT2D eigenvalue weighted by Gasteiger charge is 2.09. The Morgan fingerprint density at radius 1 is 1.64 bits per heavy atom. The molecule has 0 amide bonds. The van der Waals surface area contributed by atoms with Crippen LogP contribution in [0.2, 0.25) is 0 Å². The molecular formula is C8H11BrOS. The van der Waals surface area contributed by atoms with E-state index in [0.29, 0.717) is 5.92 Å². The number of aliphatic hydroxyl groups excluding tert-OH is 1. The number of rotatable bonds is 3. The molecule has 1 aromatic rings. The van der Waals surface area contributed by atoms with Crippen molar-refractivity contribution in [3.63, 3.8) is 0 Å². The topological polar surface area (TPSA) is 20.2 Å². The minimum absolute atomic E-state index is 0.253. The zero-order valence-corrected chi connectivity index (χ0v) is 8.78. The molecule has 1 aromatic heterocycles. The Balaban J connectivity index is 2.73. The minimum atomic E-state index is 0.253. The van der Waals surface area contributed by atoms with Crippen LogP contribution < -0.4 is 0 Å². The summed E-state index contributed by atoms with van der Waals surface area (Å²) in [5.41, 5.74) is 0. The Morgan fingerprint density at radius 3 is 2.73 bits per heavy atom. The third-order valence-electron chi connectivity index (χ3n) is 1.71. The Morgan fingerprint density at radius 2 is 2.36 bits per heavy atom. The van der Waals surface area contributed by atoms with Gasteiger partial charge in [-0.1, -0.05) is 6.92 Å². The zero-order valence-electron chi connectivity index (χ0n) is 6.38. The van der Waals surface area contributed by atoms with Crippen molar-refractivity contribution < 1.29 is 5.11 Å². The van der Waals surface area contributed by atoms with Gasteiger partial charge in [0.25, 0.3) is 0 Å².